The molecule has 0 aliphatic rings. The number of aromatic nitrogens is 3. The molecule has 0 unspecified atom stereocenters. The van der Waals surface area contributed by atoms with Crippen LogP contribution in [0.25, 0.3) is 0 Å². The molecular formula is C14H15N5. The molecule has 1 heterocycles. The lowest BCUT2D eigenvalue weighted by molar-refractivity contribution is 0.687. The number of rotatable bonds is 5. The minimum absolute atomic E-state index is 0.654. The van der Waals surface area contributed by atoms with Gasteiger partial charge in [-0.1, -0.05) is 12.2 Å². The Bertz CT molecular complexity index is 563. The highest BCUT2D eigenvalue weighted by atomic mass is 15.6. The van der Waals surface area contributed by atoms with Crippen LogP contribution in [0.4, 0.5) is 5.69 Å². The summed E-state index contributed by atoms with van der Waals surface area (Å²) in [6.07, 6.45) is 8.39. The Morgan fingerprint density at radius 2 is 1.95 bits per heavy atom. The van der Waals surface area contributed by atoms with E-state index in [2.05, 4.69) is 27.4 Å². The monoisotopic (exact) mass is 253 g/mol. The molecule has 2 aromatic rings. The Morgan fingerprint density at radius 1 is 1.26 bits per heavy atom. The number of allylic oxidation sites excluding steroid dienone is 1. The molecule has 1 aromatic heterocycles. The van der Waals surface area contributed by atoms with E-state index in [1.807, 2.05) is 41.9 Å². The largest absolute Gasteiger partial charge is 0.279 e. The first-order valence-electron chi connectivity index (χ1n) is 6.09. The first kappa shape index (κ1) is 12.8. The van der Waals surface area contributed by atoms with Crippen molar-refractivity contribution in [2.45, 2.75) is 13.3 Å². The fraction of sp³-hybridized carbons (Fsp3) is 0.214. The standard InChI is InChI=1S/C14H15N5/c1-2-3-4-9-19(18-11-16-17-12-18)14-7-5-13(10-15)6-8-14/h2-3,5-8,11-12H,4,9H2,1H3/b3-2+. The lowest BCUT2D eigenvalue weighted by Crippen LogP contribution is -2.29. The quantitative estimate of drug-likeness (QED) is 0.768. The summed E-state index contributed by atoms with van der Waals surface area (Å²) in [6.45, 7) is 2.82. The van der Waals surface area contributed by atoms with E-state index in [4.69, 9.17) is 5.26 Å². The molecule has 5 nitrogen and oxygen atoms in total. The number of nitrogens with zero attached hydrogens (tertiary/aromatic N) is 5. The molecule has 0 aliphatic carbocycles. The number of anilines is 1. The summed E-state index contributed by atoms with van der Waals surface area (Å²) in [5, 5.41) is 18.5. The Balaban J connectivity index is 2.23. The zero-order valence-electron chi connectivity index (χ0n) is 10.8. The van der Waals surface area contributed by atoms with Gasteiger partial charge in [0.2, 0.25) is 0 Å². The predicted molar refractivity (Wildman–Crippen MR) is 73.4 cm³/mol. The minimum Gasteiger partial charge on any atom is -0.279 e. The van der Waals surface area contributed by atoms with Crippen LogP contribution < -0.4 is 5.01 Å². The Kier molecular flexibility index (Phi) is 4.29. The fourth-order valence-corrected chi connectivity index (χ4v) is 1.77. The molecule has 2 rings (SSSR count). The highest BCUT2D eigenvalue weighted by molar-refractivity contribution is 5.49. The van der Waals surface area contributed by atoms with E-state index in [0.717, 1.165) is 18.7 Å². The van der Waals surface area contributed by atoms with E-state index in [1.54, 1.807) is 12.7 Å². The molecule has 5 heteroatoms. The van der Waals surface area contributed by atoms with Gasteiger partial charge in [-0.25, -0.2) is 4.68 Å². The maximum Gasteiger partial charge on any atom is 0.139 e. The van der Waals surface area contributed by atoms with Crippen LogP contribution in [-0.2, 0) is 0 Å². The van der Waals surface area contributed by atoms with Gasteiger partial charge < -0.3 is 0 Å². The van der Waals surface area contributed by atoms with Crippen LogP contribution in [-0.4, -0.2) is 21.4 Å². The van der Waals surface area contributed by atoms with Gasteiger partial charge in [0.15, 0.2) is 0 Å². The summed E-state index contributed by atoms with van der Waals surface area (Å²) < 4.78 is 1.84. The minimum atomic E-state index is 0.654. The van der Waals surface area contributed by atoms with E-state index < -0.39 is 0 Å². The van der Waals surface area contributed by atoms with Gasteiger partial charge in [0.1, 0.15) is 12.7 Å². The number of benzene rings is 1. The molecule has 1 aromatic carbocycles. The van der Waals surface area contributed by atoms with E-state index in [-0.39, 0.29) is 0 Å². The van der Waals surface area contributed by atoms with Crippen molar-refractivity contribution in [1.82, 2.24) is 14.9 Å². The van der Waals surface area contributed by atoms with E-state index in [0.29, 0.717) is 5.56 Å². The molecule has 0 saturated heterocycles. The first-order valence-corrected chi connectivity index (χ1v) is 6.09. The zero-order valence-corrected chi connectivity index (χ0v) is 10.8. The SMILES string of the molecule is C/C=C/CCN(c1ccc(C#N)cc1)n1cnnc1. The van der Waals surface area contributed by atoms with Crippen LogP contribution in [0.2, 0.25) is 0 Å². The molecule has 0 radical (unpaired) electrons. The van der Waals surface area contributed by atoms with E-state index >= 15 is 0 Å². The van der Waals surface area contributed by atoms with E-state index in [9.17, 15) is 0 Å². The van der Waals surface area contributed by atoms with Gasteiger partial charge in [0.05, 0.1) is 17.3 Å². The molecule has 0 saturated carbocycles. The summed E-state index contributed by atoms with van der Waals surface area (Å²) in [5.41, 5.74) is 1.66. The van der Waals surface area contributed by atoms with Gasteiger partial charge in [-0.3, -0.25) is 5.01 Å². The lowest BCUT2D eigenvalue weighted by atomic mass is 10.2. The number of hydrogen-bond donors (Lipinski definition) is 0. The van der Waals surface area contributed by atoms with Crippen molar-refractivity contribution in [3.8, 4) is 6.07 Å². The maximum atomic E-state index is 8.83. The van der Waals surface area contributed by atoms with Gasteiger partial charge in [-0.15, -0.1) is 10.2 Å². The zero-order chi connectivity index (χ0) is 13.5. The van der Waals surface area contributed by atoms with Crippen LogP contribution in [0.1, 0.15) is 18.9 Å². The van der Waals surface area contributed by atoms with Crippen LogP contribution in [0, 0.1) is 11.3 Å². The summed E-state index contributed by atoms with van der Waals surface area (Å²) in [7, 11) is 0. The second kappa shape index (κ2) is 6.36. The van der Waals surface area contributed by atoms with Crippen molar-refractivity contribution in [3.05, 3.63) is 54.6 Å². The molecule has 96 valence electrons. The number of hydrogen-bond acceptors (Lipinski definition) is 4. The second-order valence-corrected chi connectivity index (χ2v) is 3.98. The summed E-state index contributed by atoms with van der Waals surface area (Å²) in [5.74, 6) is 0. The first-order chi connectivity index (χ1) is 9.35. The average molecular weight is 253 g/mol. The third kappa shape index (κ3) is 3.19. The normalized spacial score (nSPS) is 10.5. The molecule has 0 amide bonds. The van der Waals surface area contributed by atoms with Gasteiger partial charge in [-0.05, 0) is 37.6 Å². The fourth-order valence-electron chi connectivity index (χ4n) is 1.77. The van der Waals surface area contributed by atoms with Crippen molar-refractivity contribution in [1.29, 1.82) is 5.26 Å². The van der Waals surface area contributed by atoms with Crippen molar-refractivity contribution in [2.75, 3.05) is 11.6 Å². The molecule has 0 aliphatic heterocycles. The molecule has 0 atom stereocenters. The molecule has 0 spiro atoms. The summed E-state index contributed by atoms with van der Waals surface area (Å²) >= 11 is 0. The Labute approximate surface area is 112 Å². The molecular weight excluding hydrogens is 238 g/mol. The lowest BCUT2D eigenvalue weighted by Gasteiger charge is -2.24. The smallest absolute Gasteiger partial charge is 0.139 e. The second-order valence-electron chi connectivity index (χ2n) is 3.98. The van der Waals surface area contributed by atoms with Crippen LogP contribution >= 0.6 is 0 Å². The Morgan fingerprint density at radius 3 is 2.53 bits per heavy atom. The molecule has 19 heavy (non-hydrogen) atoms. The topological polar surface area (TPSA) is 57.7 Å². The van der Waals surface area contributed by atoms with Crippen LogP contribution in [0.3, 0.4) is 0 Å². The molecule has 0 fully saturated rings. The van der Waals surface area contributed by atoms with Crippen molar-refractivity contribution in [2.24, 2.45) is 0 Å². The van der Waals surface area contributed by atoms with Gasteiger partial charge in [0.25, 0.3) is 0 Å². The third-order valence-electron chi connectivity index (χ3n) is 2.72. The van der Waals surface area contributed by atoms with Crippen molar-refractivity contribution < 1.29 is 0 Å². The van der Waals surface area contributed by atoms with Crippen LogP contribution in [0.15, 0.2) is 49.1 Å². The molecule has 0 bridgehead atoms. The van der Waals surface area contributed by atoms with Gasteiger partial charge in [-0.2, -0.15) is 5.26 Å². The van der Waals surface area contributed by atoms with Gasteiger partial charge in [0, 0.05) is 6.54 Å². The van der Waals surface area contributed by atoms with Crippen molar-refractivity contribution >= 4 is 5.69 Å². The maximum absolute atomic E-state index is 8.83. The highest BCUT2D eigenvalue weighted by Gasteiger charge is 2.07. The highest BCUT2D eigenvalue weighted by Crippen LogP contribution is 2.16. The predicted octanol–water partition coefficient (Wildman–Crippen LogP) is 2.39. The number of nitriles is 1. The average Bonchev–Trinajstić information content (AvgIpc) is 2.98. The third-order valence-corrected chi connectivity index (χ3v) is 2.72. The van der Waals surface area contributed by atoms with Crippen molar-refractivity contribution in [3.63, 3.8) is 0 Å². The van der Waals surface area contributed by atoms with Gasteiger partial charge >= 0.3 is 0 Å². The molecule has 0 N–H and O–H groups in total. The summed E-state index contributed by atoms with van der Waals surface area (Å²) in [6, 6.07) is 9.58. The Hall–Kier alpha value is -2.61. The van der Waals surface area contributed by atoms with Crippen LogP contribution in [0.5, 0.6) is 0 Å². The van der Waals surface area contributed by atoms with E-state index in [1.165, 1.54) is 0 Å². The summed E-state index contributed by atoms with van der Waals surface area (Å²) in [4.78, 5) is 0.